The summed E-state index contributed by atoms with van der Waals surface area (Å²) < 4.78 is 5.54. The first kappa shape index (κ1) is 13.3. The molecule has 2 aliphatic heterocycles. The second-order valence-corrected chi connectivity index (χ2v) is 4.78. The van der Waals surface area contributed by atoms with Gasteiger partial charge in [-0.1, -0.05) is 19.7 Å². The summed E-state index contributed by atoms with van der Waals surface area (Å²) in [7, 11) is 5.92. The van der Waals surface area contributed by atoms with Crippen LogP contribution in [0.15, 0.2) is 60.6 Å². The molecular weight excluding hydrogens is 238 g/mol. The predicted octanol–water partition coefficient (Wildman–Crippen LogP) is 2.09. The number of nitrogens with zero attached hydrogens (tertiary/aromatic N) is 3. The summed E-state index contributed by atoms with van der Waals surface area (Å²) in [6.07, 6.45) is 3.97. The SMILES string of the molecule is C=C1C(=C/C=C2/OCCN2C)C(=C)N(C)C(=C)N1C. The van der Waals surface area contributed by atoms with Gasteiger partial charge in [0.15, 0.2) is 5.88 Å². The molecule has 4 heteroatoms. The zero-order valence-electron chi connectivity index (χ0n) is 11.9. The van der Waals surface area contributed by atoms with E-state index in [1.54, 1.807) is 0 Å². The molecule has 0 aromatic rings. The fourth-order valence-electron chi connectivity index (χ4n) is 2.09. The van der Waals surface area contributed by atoms with Gasteiger partial charge in [-0.15, -0.1) is 0 Å². The number of hydrogen-bond acceptors (Lipinski definition) is 4. The van der Waals surface area contributed by atoms with Gasteiger partial charge in [-0.2, -0.15) is 0 Å². The minimum absolute atomic E-state index is 0.740. The lowest BCUT2D eigenvalue weighted by Crippen LogP contribution is -2.35. The molecule has 0 aromatic heterocycles. The van der Waals surface area contributed by atoms with Gasteiger partial charge in [-0.3, -0.25) is 0 Å². The van der Waals surface area contributed by atoms with Crippen LogP contribution >= 0.6 is 0 Å². The minimum Gasteiger partial charge on any atom is -0.477 e. The number of ether oxygens (including phenoxy) is 1. The van der Waals surface area contributed by atoms with Crippen LogP contribution in [0.4, 0.5) is 0 Å². The zero-order valence-corrected chi connectivity index (χ0v) is 11.9. The van der Waals surface area contributed by atoms with E-state index >= 15 is 0 Å². The van der Waals surface area contributed by atoms with E-state index in [9.17, 15) is 0 Å². The fourth-order valence-corrected chi connectivity index (χ4v) is 2.09. The molecule has 2 fully saturated rings. The highest BCUT2D eigenvalue weighted by Crippen LogP contribution is 2.32. The normalized spacial score (nSPS) is 22.5. The molecule has 0 spiro atoms. The quantitative estimate of drug-likeness (QED) is 0.717. The van der Waals surface area contributed by atoms with Crippen molar-refractivity contribution in [2.75, 3.05) is 34.3 Å². The molecule has 0 saturated carbocycles. The van der Waals surface area contributed by atoms with Crippen molar-refractivity contribution in [1.82, 2.24) is 14.7 Å². The lowest BCUT2D eigenvalue weighted by Gasteiger charge is -2.39. The molecule has 2 aliphatic rings. The Morgan fingerprint density at radius 2 is 1.58 bits per heavy atom. The van der Waals surface area contributed by atoms with Crippen molar-refractivity contribution in [1.29, 1.82) is 0 Å². The van der Waals surface area contributed by atoms with Crippen molar-refractivity contribution in [3.63, 3.8) is 0 Å². The van der Waals surface area contributed by atoms with Crippen molar-refractivity contribution in [2.45, 2.75) is 0 Å². The summed E-state index contributed by atoms with van der Waals surface area (Å²) in [5.41, 5.74) is 2.78. The Balaban J connectivity index is 2.30. The lowest BCUT2D eigenvalue weighted by atomic mass is 10.1. The van der Waals surface area contributed by atoms with E-state index in [1.165, 1.54) is 0 Å². The molecule has 2 saturated heterocycles. The van der Waals surface area contributed by atoms with E-state index in [0.717, 1.165) is 41.8 Å². The van der Waals surface area contributed by atoms with Gasteiger partial charge in [0.2, 0.25) is 0 Å². The molecule has 0 radical (unpaired) electrons. The standard InChI is InChI=1S/C15H21N3O/c1-11-14(7-8-15-16(4)9-10-19-15)12(2)18(6)13(3)17(11)5/h7-8H,1-3,9-10H2,4-6H3/b15-8+. The van der Waals surface area contributed by atoms with E-state index in [1.807, 2.05) is 43.1 Å². The van der Waals surface area contributed by atoms with Crippen LogP contribution < -0.4 is 0 Å². The van der Waals surface area contributed by atoms with E-state index in [0.29, 0.717) is 0 Å². The number of rotatable bonds is 1. The molecule has 0 aliphatic carbocycles. The highest BCUT2D eigenvalue weighted by Gasteiger charge is 2.25. The van der Waals surface area contributed by atoms with Crippen molar-refractivity contribution >= 4 is 0 Å². The highest BCUT2D eigenvalue weighted by molar-refractivity contribution is 5.49. The second-order valence-electron chi connectivity index (χ2n) is 4.78. The maximum Gasteiger partial charge on any atom is 0.189 e. The Kier molecular flexibility index (Phi) is 3.42. The molecule has 0 unspecified atom stereocenters. The van der Waals surface area contributed by atoms with Gasteiger partial charge in [0.05, 0.1) is 6.54 Å². The molecule has 102 valence electrons. The summed E-state index contributed by atoms with van der Waals surface area (Å²) >= 11 is 0. The van der Waals surface area contributed by atoms with Crippen LogP contribution in [0.5, 0.6) is 0 Å². The van der Waals surface area contributed by atoms with Gasteiger partial charge < -0.3 is 19.4 Å². The Morgan fingerprint density at radius 3 is 2.05 bits per heavy atom. The Hall–Kier alpha value is -2.10. The largest absolute Gasteiger partial charge is 0.477 e. The average molecular weight is 259 g/mol. The topological polar surface area (TPSA) is 19.0 Å². The van der Waals surface area contributed by atoms with Crippen molar-refractivity contribution in [2.24, 2.45) is 0 Å². The van der Waals surface area contributed by atoms with Crippen molar-refractivity contribution in [3.05, 3.63) is 60.6 Å². The molecule has 19 heavy (non-hydrogen) atoms. The van der Waals surface area contributed by atoms with Gasteiger partial charge >= 0.3 is 0 Å². The van der Waals surface area contributed by atoms with Gasteiger partial charge in [0.1, 0.15) is 12.4 Å². The molecule has 0 N–H and O–H groups in total. The molecule has 0 atom stereocenters. The van der Waals surface area contributed by atoms with E-state index in [-0.39, 0.29) is 0 Å². The summed E-state index contributed by atoms with van der Waals surface area (Å²) in [6, 6.07) is 0. The Labute approximate surface area is 115 Å². The van der Waals surface area contributed by atoms with Crippen LogP contribution in [0.3, 0.4) is 0 Å². The number of hydrogen-bond donors (Lipinski definition) is 0. The van der Waals surface area contributed by atoms with Crippen LogP contribution in [0.1, 0.15) is 0 Å². The van der Waals surface area contributed by atoms with Crippen LogP contribution in [-0.2, 0) is 4.74 Å². The molecule has 0 amide bonds. The average Bonchev–Trinajstić information content (AvgIpc) is 2.80. The van der Waals surface area contributed by atoms with Crippen LogP contribution in [0.2, 0.25) is 0 Å². The van der Waals surface area contributed by atoms with Crippen LogP contribution in [0.25, 0.3) is 0 Å². The van der Waals surface area contributed by atoms with E-state index < -0.39 is 0 Å². The molecule has 2 rings (SSSR count). The van der Waals surface area contributed by atoms with E-state index in [4.69, 9.17) is 4.74 Å². The number of allylic oxidation sites excluding steroid dienone is 2. The van der Waals surface area contributed by atoms with Gasteiger partial charge in [0, 0.05) is 38.1 Å². The smallest absolute Gasteiger partial charge is 0.189 e. The Morgan fingerprint density at radius 1 is 1.00 bits per heavy atom. The third-order valence-corrected chi connectivity index (χ3v) is 3.65. The predicted molar refractivity (Wildman–Crippen MR) is 77.7 cm³/mol. The van der Waals surface area contributed by atoms with Crippen molar-refractivity contribution in [3.8, 4) is 0 Å². The molecule has 2 heterocycles. The van der Waals surface area contributed by atoms with Crippen LogP contribution in [0, 0.1) is 0 Å². The van der Waals surface area contributed by atoms with Crippen LogP contribution in [-0.4, -0.2) is 49.0 Å². The monoisotopic (exact) mass is 259 g/mol. The highest BCUT2D eigenvalue weighted by atomic mass is 16.5. The first-order valence-corrected chi connectivity index (χ1v) is 6.24. The molecule has 0 aromatic carbocycles. The molecular formula is C15H21N3O. The number of likely N-dealkylation sites (N-methyl/N-ethyl adjacent to an activating group) is 3. The third-order valence-electron chi connectivity index (χ3n) is 3.65. The first-order valence-electron chi connectivity index (χ1n) is 6.24. The summed E-state index contributed by atoms with van der Waals surface area (Å²) in [5.74, 6) is 1.75. The maximum atomic E-state index is 5.54. The van der Waals surface area contributed by atoms with Crippen molar-refractivity contribution < 1.29 is 4.74 Å². The fraction of sp³-hybridized carbons (Fsp3) is 0.333. The molecule has 4 nitrogen and oxygen atoms in total. The third kappa shape index (κ3) is 2.26. The minimum atomic E-state index is 0.740. The second kappa shape index (κ2) is 4.88. The first-order chi connectivity index (χ1) is 8.93. The Bertz CT molecular complexity index is 476. The summed E-state index contributed by atoms with van der Waals surface area (Å²) in [6.45, 7) is 13.9. The van der Waals surface area contributed by atoms with E-state index in [2.05, 4.69) is 24.6 Å². The van der Waals surface area contributed by atoms with Gasteiger partial charge in [0.25, 0.3) is 0 Å². The zero-order chi connectivity index (χ0) is 14.2. The molecule has 0 bridgehead atoms. The van der Waals surface area contributed by atoms with Gasteiger partial charge in [-0.25, -0.2) is 0 Å². The van der Waals surface area contributed by atoms with Gasteiger partial charge in [-0.05, 0) is 12.2 Å². The summed E-state index contributed by atoms with van der Waals surface area (Å²) in [4.78, 5) is 5.99. The summed E-state index contributed by atoms with van der Waals surface area (Å²) in [5, 5.41) is 0. The maximum absolute atomic E-state index is 5.54. The lowest BCUT2D eigenvalue weighted by molar-refractivity contribution is 0.244.